The molecule has 3 aromatic rings. The Kier molecular flexibility index (Phi) is 7.47. The van der Waals surface area contributed by atoms with E-state index in [1.807, 2.05) is 49.4 Å². The minimum Gasteiger partial charge on any atom is -0.497 e. The molecular formula is C26H30N4O4. The minimum atomic E-state index is -0.0571. The Bertz CT molecular complexity index is 1130. The van der Waals surface area contributed by atoms with E-state index in [4.69, 9.17) is 14.2 Å². The Morgan fingerprint density at radius 3 is 2.56 bits per heavy atom. The molecule has 8 heteroatoms. The van der Waals surface area contributed by atoms with Gasteiger partial charge in [-0.05, 0) is 49.6 Å². The summed E-state index contributed by atoms with van der Waals surface area (Å²) in [6.45, 7) is 3.83. The van der Waals surface area contributed by atoms with Crippen molar-refractivity contribution in [3.8, 4) is 23.1 Å². The highest BCUT2D eigenvalue weighted by Crippen LogP contribution is 2.31. The van der Waals surface area contributed by atoms with Crippen LogP contribution in [0.15, 0.2) is 54.9 Å². The van der Waals surface area contributed by atoms with Crippen LogP contribution in [0.4, 0.5) is 5.82 Å². The highest BCUT2D eigenvalue weighted by Gasteiger charge is 2.27. The maximum atomic E-state index is 12.8. The third kappa shape index (κ3) is 5.57. The first kappa shape index (κ1) is 23.4. The molecule has 8 nitrogen and oxygen atoms in total. The van der Waals surface area contributed by atoms with Gasteiger partial charge in [-0.25, -0.2) is 9.97 Å². The van der Waals surface area contributed by atoms with E-state index in [2.05, 4.69) is 20.2 Å². The van der Waals surface area contributed by atoms with Gasteiger partial charge >= 0.3 is 0 Å². The van der Waals surface area contributed by atoms with Gasteiger partial charge in [0.15, 0.2) is 5.82 Å². The SMILES string of the molecule is COc1ccc(CNC(=O)C2CCN(c3nccnc3Oc3cccc(C)c3)CC2)c(OC)c1. The van der Waals surface area contributed by atoms with Crippen molar-refractivity contribution >= 4 is 11.7 Å². The molecule has 2 heterocycles. The van der Waals surface area contributed by atoms with Crippen molar-refractivity contribution in [1.29, 1.82) is 0 Å². The average molecular weight is 463 g/mol. The van der Waals surface area contributed by atoms with Gasteiger partial charge in [-0.15, -0.1) is 0 Å². The second-order valence-corrected chi connectivity index (χ2v) is 8.26. The fourth-order valence-corrected chi connectivity index (χ4v) is 4.08. The van der Waals surface area contributed by atoms with Crippen molar-refractivity contribution in [2.75, 3.05) is 32.2 Å². The van der Waals surface area contributed by atoms with Crippen molar-refractivity contribution in [1.82, 2.24) is 15.3 Å². The van der Waals surface area contributed by atoms with E-state index in [9.17, 15) is 4.79 Å². The number of methoxy groups -OCH3 is 2. The maximum absolute atomic E-state index is 12.8. The number of rotatable bonds is 8. The second kappa shape index (κ2) is 10.9. The monoisotopic (exact) mass is 462 g/mol. The quantitative estimate of drug-likeness (QED) is 0.539. The molecule has 0 unspecified atom stereocenters. The van der Waals surface area contributed by atoms with Crippen LogP contribution in [0.3, 0.4) is 0 Å². The van der Waals surface area contributed by atoms with Crippen LogP contribution in [0.25, 0.3) is 0 Å². The number of carbonyl (C=O) groups excluding carboxylic acids is 1. The fraction of sp³-hybridized carbons (Fsp3) is 0.346. The lowest BCUT2D eigenvalue weighted by Gasteiger charge is -2.32. The minimum absolute atomic E-state index is 0.0490. The van der Waals surface area contributed by atoms with Crippen LogP contribution in [0, 0.1) is 12.8 Å². The van der Waals surface area contributed by atoms with Crippen LogP contribution < -0.4 is 24.4 Å². The number of aromatic nitrogens is 2. The van der Waals surface area contributed by atoms with Gasteiger partial charge in [0.05, 0.1) is 14.2 Å². The molecular weight excluding hydrogens is 432 g/mol. The molecule has 4 rings (SSSR count). The van der Waals surface area contributed by atoms with Gasteiger partial charge in [-0.1, -0.05) is 12.1 Å². The van der Waals surface area contributed by atoms with Crippen molar-refractivity contribution < 1.29 is 19.0 Å². The lowest BCUT2D eigenvalue weighted by Crippen LogP contribution is -2.40. The molecule has 178 valence electrons. The smallest absolute Gasteiger partial charge is 0.263 e. The molecule has 0 bridgehead atoms. The summed E-state index contributed by atoms with van der Waals surface area (Å²) in [6.07, 6.45) is 4.75. The van der Waals surface area contributed by atoms with E-state index in [1.54, 1.807) is 26.6 Å². The number of hydrogen-bond acceptors (Lipinski definition) is 7. The lowest BCUT2D eigenvalue weighted by atomic mass is 9.96. The Balaban J connectivity index is 1.34. The van der Waals surface area contributed by atoms with Gasteiger partial charge in [-0.2, -0.15) is 0 Å². The number of anilines is 1. The van der Waals surface area contributed by atoms with E-state index in [-0.39, 0.29) is 11.8 Å². The number of benzene rings is 2. The molecule has 1 aliphatic rings. The molecule has 1 aromatic heterocycles. The van der Waals surface area contributed by atoms with Gasteiger partial charge in [0.25, 0.3) is 5.88 Å². The van der Waals surface area contributed by atoms with Crippen LogP contribution in [-0.4, -0.2) is 43.2 Å². The zero-order valence-electron chi connectivity index (χ0n) is 19.8. The molecule has 0 spiro atoms. The molecule has 0 radical (unpaired) electrons. The van der Waals surface area contributed by atoms with Crippen molar-refractivity contribution in [3.05, 3.63) is 66.0 Å². The summed E-state index contributed by atoms with van der Waals surface area (Å²) < 4.78 is 16.7. The molecule has 34 heavy (non-hydrogen) atoms. The summed E-state index contributed by atoms with van der Waals surface area (Å²) in [6, 6.07) is 13.4. The highest BCUT2D eigenvalue weighted by molar-refractivity contribution is 5.79. The van der Waals surface area contributed by atoms with E-state index >= 15 is 0 Å². The molecule has 0 saturated carbocycles. The maximum Gasteiger partial charge on any atom is 0.263 e. The highest BCUT2D eigenvalue weighted by atomic mass is 16.5. The Labute approximate surface area is 199 Å². The summed E-state index contributed by atoms with van der Waals surface area (Å²) in [5.74, 6) is 3.30. The number of nitrogens with one attached hydrogen (secondary N) is 1. The van der Waals surface area contributed by atoms with Gasteiger partial charge in [0, 0.05) is 49.6 Å². The zero-order valence-corrected chi connectivity index (χ0v) is 19.8. The van der Waals surface area contributed by atoms with Crippen LogP contribution in [-0.2, 0) is 11.3 Å². The summed E-state index contributed by atoms with van der Waals surface area (Å²) >= 11 is 0. The Morgan fingerprint density at radius 2 is 1.82 bits per heavy atom. The number of aryl methyl sites for hydroxylation is 1. The zero-order chi connectivity index (χ0) is 23.9. The largest absolute Gasteiger partial charge is 0.497 e. The number of carbonyl (C=O) groups is 1. The molecule has 0 aliphatic carbocycles. The first-order valence-electron chi connectivity index (χ1n) is 11.4. The van der Waals surface area contributed by atoms with Gasteiger partial charge < -0.3 is 24.4 Å². The molecule has 1 saturated heterocycles. The van der Waals surface area contributed by atoms with Gasteiger partial charge in [0.2, 0.25) is 5.91 Å². The van der Waals surface area contributed by atoms with Crippen molar-refractivity contribution in [2.45, 2.75) is 26.3 Å². The normalized spacial score (nSPS) is 13.9. The topological polar surface area (TPSA) is 85.8 Å². The van der Waals surface area contributed by atoms with Crippen LogP contribution in [0.1, 0.15) is 24.0 Å². The van der Waals surface area contributed by atoms with Gasteiger partial charge in [0.1, 0.15) is 17.2 Å². The summed E-state index contributed by atoms with van der Waals surface area (Å²) in [5, 5.41) is 3.05. The number of ether oxygens (including phenoxy) is 3. The summed E-state index contributed by atoms with van der Waals surface area (Å²) in [4.78, 5) is 23.9. The average Bonchev–Trinajstić information content (AvgIpc) is 2.87. The Morgan fingerprint density at radius 1 is 1.03 bits per heavy atom. The summed E-state index contributed by atoms with van der Waals surface area (Å²) in [5.41, 5.74) is 2.02. The molecule has 2 aromatic carbocycles. The number of hydrogen-bond donors (Lipinski definition) is 1. The van der Waals surface area contributed by atoms with E-state index in [0.29, 0.717) is 42.8 Å². The molecule has 1 N–H and O–H groups in total. The van der Waals surface area contributed by atoms with Crippen LogP contribution in [0.2, 0.25) is 0 Å². The lowest BCUT2D eigenvalue weighted by molar-refractivity contribution is -0.125. The van der Waals surface area contributed by atoms with Crippen molar-refractivity contribution in [2.24, 2.45) is 5.92 Å². The fourth-order valence-electron chi connectivity index (χ4n) is 4.08. The number of nitrogens with zero attached hydrogens (tertiary/aromatic N) is 3. The molecule has 0 atom stereocenters. The second-order valence-electron chi connectivity index (χ2n) is 8.26. The molecule has 1 aliphatic heterocycles. The van der Waals surface area contributed by atoms with E-state index in [0.717, 1.165) is 29.7 Å². The number of piperidine rings is 1. The van der Waals surface area contributed by atoms with Crippen molar-refractivity contribution in [3.63, 3.8) is 0 Å². The van der Waals surface area contributed by atoms with E-state index in [1.165, 1.54) is 0 Å². The van der Waals surface area contributed by atoms with E-state index < -0.39 is 0 Å². The first-order valence-corrected chi connectivity index (χ1v) is 11.4. The predicted octanol–water partition coefficient (Wildman–Crippen LogP) is 4.13. The molecule has 1 fully saturated rings. The van der Waals surface area contributed by atoms with Crippen LogP contribution >= 0.6 is 0 Å². The standard InChI is InChI=1S/C26H30N4O4/c1-18-5-4-6-22(15-18)34-26-24(27-11-12-28-26)30-13-9-19(10-14-30)25(31)29-17-20-7-8-21(32-2)16-23(20)33-3/h4-8,11-12,15-16,19H,9-10,13-14,17H2,1-3H3,(H,29,31). The number of amides is 1. The molecule has 1 amide bonds. The summed E-state index contributed by atoms with van der Waals surface area (Å²) in [7, 11) is 3.22. The predicted molar refractivity (Wildman–Crippen MR) is 130 cm³/mol. The van der Waals surface area contributed by atoms with Crippen LogP contribution in [0.5, 0.6) is 23.1 Å². The van der Waals surface area contributed by atoms with Gasteiger partial charge in [-0.3, -0.25) is 4.79 Å². The first-order chi connectivity index (χ1) is 16.6. The third-order valence-electron chi connectivity index (χ3n) is 5.96. The third-order valence-corrected chi connectivity index (χ3v) is 5.96. The Hall–Kier alpha value is -3.81.